The van der Waals surface area contributed by atoms with Crippen LogP contribution in [-0.2, 0) is 0 Å². The molecule has 0 aliphatic heterocycles. The molecule has 0 saturated heterocycles. The molecule has 124 valence electrons. The number of benzene rings is 1. The summed E-state index contributed by atoms with van der Waals surface area (Å²) >= 11 is 0. The van der Waals surface area contributed by atoms with E-state index in [1.54, 1.807) is 0 Å². The summed E-state index contributed by atoms with van der Waals surface area (Å²) in [5, 5.41) is 19.9. The van der Waals surface area contributed by atoms with E-state index < -0.39 is 46.7 Å². The van der Waals surface area contributed by atoms with Crippen LogP contribution >= 0.6 is 0 Å². The first-order chi connectivity index (χ1) is 9.79. The van der Waals surface area contributed by atoms with E-state index >= 15 is 0 Å². The Labute approximate surface area is 118 Å². The SMILES string of the molecule is O=[N+]([O-])c1cccc(C(O)CC(F)(C(F)(F)F)C(F)(F)F)c1. The lowest BCUT2D eigenvalue weighted by Gasteiger charge is -2.31. The van der Waals surface area contributed by atoms with Crippen LogP contribution in [0, 0.1) is 10.1 Å². The van der Waals surface area contributed by atoms with Crippen LogP contribution in [0.15, 0.2) is 24.3 Å². The molecule has 0 aromatic heterocycles. The van der Waals surface area contributed by atoms with Gasteiger partial charge in [0.1, 0.15) is 0 Å². The summed E-state index contributed by atoms with van der Waals surface area (Å²) in [6, 6.07) is 3.27. The standard InChI is InChI=1S/C11H8F7NO3/c12-9(10(13,14)15,11(16,17)18)5-8(20)6-2-1-3-7(4-6)19(21)22/h1-4,8,20H,5H2. The van der Waals surface area contributed by atoms with Gasteiger partial charge in [0.15, 0.2) is 0 Å². The lowest BCUT2D eigenvalue weighted by atomic mass is 9.92. The molecule has 0 amide bonds. The number of nitro benzene ring substituents is 1. The molecule has 0 fully saturated rings. The van der Waals surface area contributed by atoms with Crippen LogP contribution < -0.4 is 0 Å². The van der Waals surface area contributed by atoms with E-state index in [1.807, 2.05) is 0 Å². The molecule has 0 spiro atoms. The van der Waals surface area contributed by atoms with Gasteiger partial charge in [-0.15, -0.1) is 0 Å². The first kappa shape index (κ1) is 18.1. The van der Waals surface area contributed by atoms with E-state index in [1.165, 1.54) is 0 Å². The van der Waals surface area contributed by atoms with Gasteiger partial charge in [0.05, 0.1) is 11.0 Å². The zero-order valence-electron chi connectivity index (χ0n) is 10.5. The summed E-state index contributed by atoms with van der Waals surface area (Å²) in [7, 11) is 0. The minimum atomic E-state index is -6.30. The minimum absolute atomic E-state index is 0.567. The number of nitro groups is 1. The monoisotopic (exact) mass is 335 g/mol. The molecule has 1 atom stereocenters. The Hall–Kier alpha value is -1.91. The number of hydrogen-bond donors (Lipinski definition) is 1. The van der Waals surface area contributed by atoms with Crippen LogP contribution in [0.25, 0.3) is 0 Å². The summed E-state index contributed by atoms with van der Waals surface area (Å²) in [6.45, 7) is 0. The summed E-state index contributed by atoms with van der Waals surface area (Å²) in [6.07, 6.45) is -17.5. The minimum Gasteiger partial charge on any atom is -0.388 e. The number of aliphatic hydroxyl groups is 1. The number of nitrogens with zero attached hydrogens (tertiary/aromatic N) is 1. The smallest absolute Gasteiger partial charge is 0.388 e. The molecule has 0 heterocycles. The van der Waals surface area contributed by atoms with E-state index in [0.717, 1.165) is 18.2 Å². The zero-order chi connectivity index (χ0) is 17.3. The van der Waals surface area contributed by atoms with Gasteiger partial charge in [-0.1, -0.05) is 12.1 Å². The molecule has 0 aliphatic rings. The molecular weight excluding hydrogens is 327 g/mol. The summed E-state index contributed by atoms with van der Waals surface area (Å²) in [4.78, 5) is 9.50. The second-order valence-electron chi connectivity index (χ2n) is 4.37. The van der Waals surface area contributed by atoms with Crippen molar-refractivity contribution in [3.8, 4) is 0 Å². The molecule has 0 radical (unpaired) electrons. The zero-order valence-corrected chi connectivity index (χ0v) is 10.5. The van der Waals surface area contributed by atoms with Gasteiger partial charge < -0.3 is 5.11 Å². The second kappa shape index (κ2) is 5.71. The molecule has 1 aromatic rings. The largest absolute Gasteiger partial charge is 0.431 e. The Morgan fingerprint density at radius 1 is 1.09 bits per heavy atom. The molecule has 0 aliphatic carbocycles. The fraction of sp³-hybridized carbons (Fsp3) is 0.455. The van der Waals surface area contributed by atoms with Gasteiger partial charge >= 0.3 is 18.0 Å². The highest BCUT2D eigenvalue weighted by Gasteiger charge is 2.72. The predicted molar refractivity (Wildman–Crippen MR) is 58.6 cm³/mol. The third-order valence-electron chi connectivity index (χ3n) is 2.84. The van der Waals surface area contributed by atoms with Crippen molar-refractivity contribution in [3.63, 3.8) is 0 Å². The van der Waals surface area contributed by atoms with Gasteiger partial charge in [0.2, 0.25) is 0 Å². The number of halogens is 7. The molecule has 4 nitrogen and oxygen atoms in total. The Kier molecular flexibility index (Phi) is 4.70. The number of rotatable bonds is 4. The Morgan fingerprint density at radius 2 is 1.59 bits per heavy atom. The van der Waals surface area contributed by atoms with Crippen LogP contribution in [0.4, 0.5) is 36.4 Å². The third-order valence-corrected chi connectivity index (χ3v) is 2.84. The highest BCUT2D eigenvalue weighted by Crippen LogP contribution is 2.50. The Bertz CT molecular complexity index is 541. The van der Waals surface area contributed by atoms with Crippen LogP contribution in [0.1, 0.15) is 18.1 Å². The maximum absolute atomic E-state index is 13.5. The number of hydrogen-bond acceptors (Lipinski definition) is 3. The highest BCUT2D eigenvalue weighted by molar-refractivity contribution is 5.35. The first-order valence-electron chi connectivity index (χ1n) is 5.54. The predicted octanol–water partition coefficient (Wildman–Crippen LogP) is 3.85. The highest BCUT2D eigenvalue weighted by atomic mass is 19.4. The van der Waals surface area contributed by atoms with Gasteiger partial charge in [0.25, 0.3) is 5.69 Å². The second-order valence-corrected chi connectivity index (χ2v) is 4.37. The van der Waals surface area contributed by atoms with Crippen molar-refractivity contribution in [2.45, 2.75) is 30.5 Å². The molecule has 11 heteroatoms. The van der Waals surface area contributed by atoms with Crippen molar-refractivity contribution >= 4 is 5.69 Å². The molecule has 22 heavy (non-hydrogen) atoms. The molecule has 1 N–H and O–H groups in total. The fourth-order valence-electron chi connectivity index (χ4n) is 1.62. The van der Waals surface area contributed by atoms with E-state index in [4.69, 9.17) is 0 Å². The van der Waals surface area contributed by atoms with Gasteiger partial charge in [0, 0.05) is 18.6 Å². The van der Waals surface area contributed by atoms with E-state index in [2.05, 4.69) is 0 Å². The van der Waals surface area contributed by atoms with Gasteiger partial charge in [-0.25, -0.2) is 4.39 Å². The van der Waals surface area contributed by atoms with Crippen LogP contribution in [-0.4, -0.2) is 28.1 Å². The van der Waals surface area contributed by atoms with Crippen LogP contribution in [0.2, 0.25) is 0 Å². The van der Waals surface area contributed by atoms with Crippen molar-refractivity contribution in [2.75, 3.05) is 0 Å². The third kappa shape index (κ3) is 3.46. The van der Waals surface area contributed by atoms with Gasteiger partial charge in [-0.05, 0) is 5.56 Å². The number of aliphatic hydroxyl groups excluding tert-OH is 1. The van der Waals surface area contributed by atoms with E-state index in [0.29, 0.717) is 6.07 Å². The van der Waals surface area contributed by atoms with Gasteiger partial charge in [-0.2, -0.15) is 26.3 Å². The molecule has 1 rings (SSSR count). The van der Waals surface area contributed by atoms with Crippen molar-refractivity contribution < 1.29 is 40.8 Å². The Morgan fingerprint density at radius 3 is 2.00 bits per heavy atom. The molecule has 1 unspecified atom stereocenters. The average Bonchev–Trinajstić information content (AvgIpc) is 2.36. The van der Waals surface area contributed by atoms with Crippen LogP contribution in [0.5, 0.6) is 0 Å². The lowest BCUT2D eigenvalue weighted by molar-refractivity contribution is -0.385. The Balaban J connectivity index is 3.15. The van der Waals surface area contributed by atoms with Crippen molar-refractivity contribution in [1.82, 2.24) is 0 Å². The van der Waals surface area contributed by atoms with E-state index in [-0.39, 0.29) is 0 Å². The molecule has 0 saturated carbocycles. The molecular formula is C11H8F7NO3. The quantitative estimate of drug-likeness (QED) is 0.516. The van der Waals surface area contributed by atoms with Gasteiger partial charge in [-0.3, -0.25) is 10.1 Å². The van der Waals surface area contributed by atoms with Crippen molar-refractivity contribution in [2.24, 2.45) is 0 Å². The molecule has 1 aromatic carbocycles. The fourth-order valence-corrected chi connectivity index (χ4v) is 1.62. The van der Waals surface area contributed by atoms with Crippen LogP contribution in [0.3, 0.4) is 0 Å². The summed E-state index contributed by atoms with van der Waals surface area (Å²) in [5.41, 5.74) is -6.94. The lowest BCUT2D eigenvalue weighted by Crippen LogP contribution is -2.54. The summed E-state index contributed by atoms with van der Waals surface area (Å²) in [5.74, 6) is 0. The maximum Gasteiger partial charge on any atom is 0.431 e. The van der Waals surface area contributed by atoms with Crippen molar-refractivity contribution in [3.05, 3.63) is 39.9 Å². The average molecular weight is 335 g/mol. The number of non-ortho nitro benzene ring substituents is 1. The topological polar surface area (TPSA) is 63.4 Å². The van der Waals surface area contributed by atoms with Crippen molar-refractivity contribution in [1.29, 1.82) is 0 Å². The molecule has 0 bridgehead atoms. The van der Waals surface area contributed by atoms with E-state index in [9.17, 15) is 46.0 Å². The first-order valence-corrected chi connectivity index (χ1v) is 5.54. The number of alkyl halides is 7. The maximum atomic E-state index is 13.5. The summed E-state index contributed by atoms with van der Waals surface area (Å²) < 4.78 is 87.7. The normalized spacial score (nSPS) is 14.7.